The third-order valence-electron chi connectivity index (χ3n) is 4.14. The number of nitrogens with one attached hydrogen (secondary N) is 1. The predicted molar refractivity (Wildman–Crippen MR) is 104 cm³/mol. The van der Waals surface area contributed by atoms with Crippen LogP contribution in [-0.2, 0) is 6.42 Å². The molecule has 0 radical (unpaired) electrons. The van der Waals surface area contributed by atoms with Gasteiger partial charge in [-0.05, 0) is 43.2 Å². The molecule has 138 valence electrons. The highest BCUT2D eigenvalue weighted by atomic mass is 19.1. The maximum Gasteiger partial charge on any atom is 0.271 e. The first-order chi connectivity index (χ1) is 13.2. The Morgan fingerprint density at radius 3 is 2.41 bits per heavy atom. The summed E-state index contributed by atoms with van der Waals surface area (Å²) < 4.78 is 12.9. The zero-order valence-corrected chi connectivity index (χ0v) is 15.1. The van der Waals surface area contributed by atoms with Gasteiger partial charge in [0.15, 0.2) is 5.82 Å². The second-order valence-corrected chi connectivity index (χ2v) is 5.97. The van der Waals surface area contributed by atoms with Crippen molar-refractivity contribution in [3.8, 4) is 0 Å². The molecular formula is C21H21FN4O. The van der Waals surface area contributed by atoms with E-state index in [2.05, 4.69) is 15.3 Å². The maximum atomic E-state index is 12.9. The third kappa shape index (κ3) is 4.88. The highest BCUT2D eigenvalue weighted by Gasteiger charge is 2.12. The quantitative estimate of drug-likeness (QED) is 0.694. The van der Waals surface area contributed by atoms with E-state index in [4.69, 9.17) is 0 Å². The monoisotopic (exact) mass is 364 g/mol. The number of carbonyl (C=O) groups is 1. The standard InChI is InChI=1S/C21H21FN4O/c1-2-26(18-6-4-3-5-7-18)20-15-24-19(14-25-20)21(27)23-13-12-16-8-10-17(22)11-9-16/h3-11,14-15H,2,12-13H2,1H3,(H,23,27). The highest BCUT2D eigenvalue weighted by Crippen LogP contribution is 2.21. The highest BCUT2D eigenvalue weighted by molar-refractivity contribution is 5.92. The van der Waals surface area contributed by atoms with E-state index in [0.29, 0.717) is 18.8 Å². The molecule has 1 heterocycles. The van der Waals surface area contributed by atoms with E-state index in [-0.39, 0.29) is 17.4 Å². The van der Waals surface area contributed by atoms with Gasteiger partial charge in [0.1, 0.15) is 11.5 Å². The Morgan fingerprint density at radius 1 is 1.04 bits per heavy atom. The molecule has 6 heteroatoms. The van der Waals surface area contributed by atoms with Gasteiger partial charge in [-0.25, -0.2) is 14.4 Å². The number of benzene rings is 2. The summed E-state index contributed by atoms with van der Waals surface area (Å²) in [6.45, 7) is 3.21. The van der Waals surface area contributed by atoms with E-state index < -0.39 is 0 Å². The number of nitrogens with zero attached hydrogens (tertiary/aromatic N) is 3. The lowest BCUT2D eigenvalue weighted by molar-refractivity contribution is 0.0949. The average molecular weight is 364 g/mol. The molecule has 0 fully saturated rings. The van der Waals surface area contributed by atoms with E-state index in [0.717, 1.165) is 17.8 Å². The van der Waals surface area contributed by atoms with Gasteiger partial charge in [0, 0.05) is 18.8 Å². The molecule has 1 aromatic heterocycles. The summed E-state index contributed by atoms with van der Waals surface area (Å²) in [5.74, 6) is 0.139. The number of anilines is 2. The number of hydrogen-bond acceptors (Lipinski definition) is 4. The van der Waals surface area contributed by atoms with Crippen molar-refractivity contribution < 1.29 is 9.18 Å². The molecule has 0 aliphatic carbocycles. The summed E-state index contributed by atoms with van der Waals surface area (Å²) in [6.07, 6.45) is 3.70. The number of hydrogen-bond donors (Lipinski definition) is 1. The van der Waals surface area contributed by atoms with Crippen LogP contribution in [0.4, 0.5) is 15.9 Å². The molecule has 3 aromatic rings. The minimum Gasteiger partial charge on any atom is -0.350 e. The molecule has 3 rings (SSSR count). The Kier molecular flexibility index (Phi) is 6.10. The SMILES string of the molecule is CCN(c1ccccc1)c1cnc(C(=O)NCCc2ccc(F)cc2)cn1. The van der Waals surface area contributed by atoms with Gasteiger partial charge in [0.2, 0.25) is 0 Å². The zero-order chi connectivity index (χ0) is 19.1. The number of para-hydroxylation sites is 1. The lowest BCUT2D eigenvalue weighted by Crippen LogP contribution is -2.27. The molecule has 0 spiro atoms. The summed E-state index contributed by atoms with van der Waals surface area (Å²) in [4.78, 5) is 22.9. The molecule has 0 aliphatic rings. The minimum atomic E-state index is -0.279. The minimum absolute atomic E-state index is 0.266. The summed E-state index contributed by atoms with van der Waals surface area (Å²) >= 11 is 0. The van der Waals surface area contributed by atoms with Crippen LogP contribution in [0, 0.1) is 5.82 Å². The fourth-order valence-corrected chi connectivity index (χ4v) is 2.72. The van der Waals surface area contributed by atoms with Crippen LogP contribution in [0.1, 0.15) is 23.0 Å². The molecular weight excluding hydrogens is 343 g/mol. The van der Waals surface area contributed by atoms with Crippen LogP contribution in [0.2, 0.25) is 0 Å². The lowest BCUT2D eigenvalue weighted by Gasteiger charge is -2.21. The molecule has 0 atom stereocenters. The predicted octanol–water partition coefficient (Wildman–Crippen LogP) is 3.75. The first-order valence-corrected chi connectivity index (χ1v) is 8.84. The molecule has 0 saturated carbocycles. The largest absolute Gasteiger partial charge is 0.350 e. The Bertz CT molecular complexity index is 867. The van der Waals surface area contributed by atoms with Gasteiger partial charge < -0.3 is 10.2 Å². The molecule has 0 aliphatic heterocycles. The van der Waals surface area contributed by atoms with Crippen LogP contribution in [0.25, 0.3) is 0 Å². The van der Waals surface area contributed by atoms with E-state index in [1.54, 1.807) is 18.3 Å². The van der Waals surface area contributed by atoms with E-state index in [9.17, 15) is 9.18 Å². The van der Waals surface area contributed by atoms with Crippen LogP contribution >= 0.6 is 0 Å². The van der Waals surface area contributed by atoms with Gasteiger partial charge in [-0.3, -0.25) is 4.79 Å². The smallest absolute Gasteiger partial charge is 0.271 e. The fraction of sp³-hybridized carbons (Fsp3) is 0.190. The van der Waals surface area contributed by atoms with Crippen LogP contribution < -0.4 is 10.2 Å². The maximum absolute atomic E-state index is 12.9. The van der Waals surface area contributed by atoms with Crippen molar-refractivity contribution in [1.29, 1.82) is 0 Å². The third-order valence-corrected chi connectivity index (χ3v) is 4.14. The van der Waals surface area contributed by atoms with Gasteiger partial charge in [0.05, 0.1) is 12.4 Å². The van der Waals surface area contributed by atoms with Gasteiger partial charge in [-0.1, -0.05) is 30.3 Å². The number of halogens is 1. The van der Waals surface area contributed by atoms with Crippen molar-refractivity contribution >= 4 is 17.4 Å². The molecule has 1 amide bonds. The van der Waals surface area contributed by atoms with Crippen molar-refractivity contribution in [3.05, 3.63) is 84.1 Å². The number of rotatable bonds is 7. The van der Waals surface area contributed by atoms with E-state index in [1.807, 2.05) is 42.2 Å². The Hall–Kier alpha value is -3.28. The van der Waals surface area contributed by atoms with Crippen molar-refractivity contribution in [1.82, 2.24) is 15.3 Å². The summed E-state index contributed by atoms with van der Waals surface area (Å²) in [6, 6.07) is 16.1. The number of carbonyl (C=O) groups excluding carboxylic acids is 1. The first-order valence-electron chi connectivity index (χ1n) is 8.84. The van der Waals surface area contributed by atoms with Crippen LogP contribution in [0.3, 0.4) is 0 Å². The molecule has 2 aromatic carbocycles. The van der Waals surface area contributed by atoms with Gasteiger partial charge in [-0.2, -0.15) is 0 Å². The summed E-state index contributed by atoms with van der Waals surface area (Å²) in [5, 5.41) is 2.81. The fourth-order valence-electron chi connectivity index (χ4n) is 2.72. The van der Waals surface area contributed by atoms with Crippen LogP contribution in [0.15, 0.2) is 67.0 Å². The average Bonchev–Trinajstić information content (AvgIpc) is 2.71. The molecule has 5 nitrogen and oxygen atoms in total. The van der Waals surface area contributed by atoms with Crippen molar-refractivity contribution in [3.63, 3.8) is 0 Å². The molecule has 0 unspecified atom stereocenters. The van der Waals surface area contributed by atoms with Gasteiger partial charge in [-0.15, -0.1) is 0 Å². The Balaban J connectivity index is 1.59. The van der Waals surface area contributed by atoms with Crippen molar-refractivity contribution in [2.75, 3.05) is 18.0 Å². The topological polar surface area (TPSA) is 58.1 Å². The van der Waals surface area contributed by atoms with Crippen LogP contribution in [-0.4, -0.2) is 29.0 Å². The van der Waals surface area contributed by atoms with Crippen molar-refractivity contribution in [2.45, 2.75) is 13.3 Å². The zero-order valence-electron chi connectivity index (χ0n) is 15.1. The molecule has 1 N–H and O–H groups in total. The first kappa shape index (κ1) is 18.5. The van der Waals surface area contributed by atoms with E-state index in [1.165, 1.54) is 18.3 Å². The Labute approximate surface area is 157 Å². The molecule has 27 heavy (non-hydrogen) atoms. The van der Waals surface area contributed by atoms with Gasteiger partial charge >= 0.3 is 0 Å². The van der Waals surface area contributed by atoms with Crippen LogP contribution in [0.5, 0.6) is 0 Å². The number of aromatic nitrogens is 2. The molecule has 0 saturated heterocycles. The van der Waals surface area contributed by atoms with Gasteiger partial charge in [0.25, 0.3) is 5.91 Å². The number of amides is 1. The normalized spacial score (nSPS) is 10.4. The second-order valence-electron chi connectivity index (χ2n) is 5.97. The second kappa shape index (κ2) is 8.89. The Morgan fingerprint density at radius 2 is 1.78 bits per heavy atom. The molecule has 0 bridgehead atoms. The lowest BCUT2D eigenvalue weighted by atomic mass is 10.1. The summed E-state index contributed by atoms with van der Waals surface area (Å²) in [5.41, 5.74) is 2.24. The van der Waals surface area contributed by atoms with Crippen molar-refractivity contribution in [2.24, 2.45) is 0 Å². The van der Waals surface area contributed by atoms with E-state index >= 15 is 0 Å². The summed E-state index contributed by atoms with van der Waals surface area (Å²) in [7, 11) is 0.